The van der Waals surface area contributed by atoms with Crippen LogP contribution in [0.5, 0.6) is 0 Å². The Morgan fingerprint density at radius 1 is 1.41 bits per heavy atom. The van der Waals surface area contributed by atoms with Crippen LogP contribution in [0.4, 0.5) is 0 Å². The van der Waals surface area contributed by atoms with Crippen molar-refractivity contribution in [2.24, 2.45) is 22.7 Å². The molecule has 1 fully saturated rings. The first kappa shape index (κ1) is 17.5. The summed E-state index contributed by atoms with van der Waals surface area (Å²) < 4.78 is 0. The number of aldehydes is 1. The van der Waals surface area contributed by atoms with Gasteiger partial charge in [-0.2, -0.15) is 0 Å². The second-order valence-corrected chi connectivity index (χ2v) is 8.00. The number of allylic oxidation sites excluding steroid dienone is 3. The number of hydrogen-bond acceptors (Lipinski definition) is 2. The number of aliphatic hydroxyl groups excluding tert-OH is 1. The lowest BCUT2D eigenvalue weighted by molar-refractivity contribution is -0.104. The third-order valence-corrected chi connectivity index (χ3v) is 7.09. The summed E-state index contributed by atoms with van der Waals surface area (Å²) >= 11 is 0. The van der Waals surface area contributed by atoms with Gasteiger partial charge < -0.3 is 5.11 Å². The lowest BCUT2D eigenvalue weighted by atomic mass is 9.47. The van der Waals surface area contributed by atoms with Crippen LogP contribution in [-0.2, 0) is 4.79 Å². The molecule has 22 heavy (non-hydrogen) atoms. The summed E-state index contributed by atoms with van der Waals surface area (Å²) in [6.45, 7) is 9.63. The zero-order valence-corrected chi connectivity index (χ0v) is 14.7. The first-order chi connectivity index (χ1) is 10.4. The van der Waals surface area contributed by atoms with Crippen molar-refractivity contribution in [2.75, 3.05) is 6.61 Å². The molecule has 0 aromatic heterocycles. The number of carbonyl (C=O) groups is 1. The minimum atomic E-state index is 0.00403. The van der Waals surface area contributed by atoms with Gasteiger partial charge in [0.15, 0.2) is 0 Å². The minimum Gasteiger partial charge on any atom is -0.392 e. The van der Waals surface area contributed by atoms with E-state index in [-0.39, 0.29) is 6.61 Å². The Morgan fingerprint density at radius 3 is 2.77 bits per heavy atom. The number of aliphatic hydroxyl groups is 1. The summed E-state index contributed by atoms with van der Waals surface area (Å²) in [5, 5.41) is 9.43. The van der Waals surface area contributed by atoms with Gasteiger partial charge >= 0.3 is 0 Å². The Balaban J connectivity index is 2.24. The van der Waals surface area contributed by atoms with E-state index in [0.29, 0.717) is 22.7 Å². The average Bonchev–Trinajstić information content (AvgIpc) is 2.50. The van der Waals surface area contributed by atoms with Crippen molar-refractivity contribution in [2.45, 2.75) is 66.2 Å². The van der Waals surface area contributed by atoms with E-state index in [1.165, 1.54) is 25.7 Å². The average molecular weight is 304 g/mol. The molecule has 1 N–H and O–H groups in total. The number of fused-ring (bicyclic) bond motifs is 1. The maximum absolute atomic E-state index is 10.7. The van der Waals surface area contributed by atoms with Gasteiger partial charge in [0, 0.05) is 0 Å². The first-order valence-electron chi connectivity index (χ1n) is 8.79. The Kier molecular flexibility index (Phi) is 5.32. The molecule has 2 aliphatic rings. The highest BCUT2D eigenvalue weighted by atomic mass is 16.3. The van der Waals surface area contributed by atoms with Gasteiger partial charge in [-0.15, -0.1) is 0 Å². The van der Waals surface area contributed by atoms with E-state index in [2.05, 4.69) is 33.8 Å². The van der Waals surface area contributed by atoms with Crippen LogP contribution in [0.3, 0.4) is 0 Å². The lowest BCUT2D eigenvalue weighted by Gasteiger charge is -2.58. The fourth-order valence-electron chi connectivity index (χ4n) is 5.07. The van der Waals surface area contributed by atoms with Crippen molar-refractivity contribution in [1.82, 2.24) is 0 Å². The molecule has 2 nitrogen and oxygen atoms in total. The predicted octanol–water partition coefficient (Wildman–Crippen LogP) is 4.68. The molecule has 4 unspecified atom stereocenters. The van der Waals surface area contributed by atoms with Crippen molar-refractivity contribution in [3.8, 4) is 0 Å². The fraction of sp³-hybridized carbons (Fsp3) is 0.750. The van der Waals surface area contributed by atoms with E-state index in [1.807, 2.05) is 0 Å². The van der Waals surface area contributed by atoms with Crippen LogP contribution in [0.1, 0.15) is 66.2 Å². The molecule has 0 aromatic rings. The van der Waals surface area contributed by atoms with E-state index in [1.54, 1.807) is 11.6 Å². The van der Waals surface area contributed by atoms with Crippen molar-refractivity contribution in [3.05, 3.63) is 23.3 Å². The Morgan fingerprint density at radius 2 is 2.14 bits per heavy atom. The summed E-state index contributed by atoms with van der Waals surface area (Å²) in [4.78, 5) is 10.7. The molecule has 0 aliphatic heterocycles. The molecule has 124 valence electrons. The molecule has 4 atom stereocenters. The Bertz CT molecular complexity index is 476. The number of carbonyl (C=O) groups excluding carboxylic acids is 1. The van der Waals surface area contributed by atoms with E-state index in [9.17, 15) is 9.90 Å². The SMILES string of the molecule is CC1=CCCC2C1(C)CCC(C)C2(C)CCC(=CC=O)CO. The van der Waals surface area contributed by atoms with Gasteiger partial charge in [-0.25, -0.2) is 0 Å². The summed E-state index contributed by atoms with van der Waals surface area (Å²) in [5.74, 6) is 1.41. The molecule has 0 heterocycles. The van der Waals surface area contributed by atoms with Crippen LogP contribution in [0, 0.1) is 22.7 Å². The third-order valence-electron chi connectivity index (χ3n) is 7.09. The van der Waals surface area contributed by atoms with Crippen molar-refractivity contribution in [1.29, 1.82) is 0 Å². The summed E-state index contributed by atoms with van der Waals surface area (Å²) in [7, 11) is 0. The molecular weight excluding hydrogens is 272 g/mol. The molecule has 0 amide bonds. The molecule has 2 aliphatic carbocycles. The van der Waals surface area contributed by atoms with E-state index in [4.69, 9.17) is 0 Å². The Labute approximate surface area is 135 Å². The van der Waals surface area contributed by atoms with E-state index < -0.39 is 0 Å². The van der Waals surface area contributed by atoms with Crippen molar-refractivity contribution in [3.63, 3.8) is 0 Å². The number of hydrogen-bond donors (Lipinski definition) is 1. The standard InChI is InChI=1S/C20H32O2/c1-15-6-5-7-18-19(15,3)11-8-16(2)20(18,4)12-9-17(14-22)10-13-21/h6,10,13,16,18,22H,5,7-9,11-12,14H2,1-4H3. The van der Waals surface area contributed by atoms with Crippen LogP contribution in [0.15, 0.2) is 23.3 Å². The molecule has 0 aromatic carbocycles. The monoisotopic (exact) mass is 304 g/mol. The highest BCUT2D eigenvalue weighted by Gasteiger charge is 2.52. The first-order valence-corrected chi connectivity index (χ1v) is 8.79. The quantitative estimate of drug-likeness (QED) is 0.455. The van der Waals surface area contributed by atoms with Gasteiger partial charge in [0.25, 0.3) is 0 Å². The minimum absolute atomic E-state index is 0.00403. The lowest BCUT2D eigenvalue weighted by Crippen LogP contribution is -2.49. The highest BCUT2D eigenvalue weighted by Crippen LogP contribution is 2.61. The third kappa shape index (κ3) is 2.95. The Hall–Kier alpha value is -0.890. The van der Waals surface area contributed by atoms with Gasteiger partial charge in [-0.05, 0) is 79.8 Å². The predicted molar refractivity (Wildman–Crippen MR) is 91.6 cm³/mol. The molecule has 2 rings (SSSR count). The molecule has 0 bridgehead atoms. The zero-order valence-electron chi connectivity index (χ0n) is 14.7. The second kappa shape index (κ2) is 6.70. The van der Waals surface area contributed by atoms with Gasteiger partial charge in [0.1, 0.15) is 6.29 Å². The maximum Gasteiger partial charge on any atom is 0.142 e. The van der Waals surface area contributed by atoms with Crippen LogP contribution in [0.2, 0.25) is 0 Å². The van der Waals surface area contributed by atoms with Gasteiger partial charge in [-0.1, -0.05) is 32.4 Å². The number of rotatable bonds is 5. The van der Waals surface area contributed by atoms with Crippen molar-refractivity contribution < 1.29 is 9.90 Å². The van der Waals surface area contributed by atoms with Crippen LogP contribution in [0.25, 0.3) is 0 Å². The normalized spacial score (nSPS) is 39.1. The van der Waals surface area contributed by atoms with Gasteiger partial charge in [0.05, 0.1) is 6.61 Å². The molecule has 1 saturated carbocycles. The van der Waals surface area contributed by atoms with Crippen molar-refractivity contribution >= 4 is 6.29 Å². The van der Waals surface area contributed by atoms with Gasteiger partial charge in [-0.3, -0.25) is 4.79 Å². The van der Waals surface area contributed by atoms with Crippen LogP contribution in [-0.4, -0.2) is 18.0 Å². The molecule has 0 spiro atoms. The van der Waals surface area contributed by atoms with E-state index in [0.717, 1.165) is 24.7 Å². The molecule has 0 radical (unpaired) electrons. The molecular formula is C20H32O2. The molecule has 0 saturated heterocycles. The molecule has 2 heteroatoms. The highest BCUT2D eigenvalue weighted by molar-refractivity contribution is 5.66. The van der Waals surface area contributed by atoms with Gasteiger partial charge in [0.2, 0.25) is 0 Å². The summed E-state index contributed by atoms with van der Waals surface area (Å²) in [6, 6.07) is 0. The smallest absolute Gasteiger partial charge is 0.142 e. The van der Waals surface area contributed by atoms with Crippen LogP contribution >= 0.6 is 0 Å². The topological polar surface area (TPSA) is 37.3 Å². The largest absolute Gasteiger partial charge is 0.392 e. The van der Waals surface area contributed by atoms with E-state index >= 15 is 0 Å². The zero-order chi connectivity index (χ0) is 16.4. The summed E-state index contributed by atoms with van der Waals surface area (Å²) in [6.07, 6.45) is 11.8. The second-order valence-electron chi connectivity index (χ2n) is 8.00. The fourth-order valence-corrected chi connectivity index (χ4v) is 5.07. The maximum atomic E-state index is 10.7. The summed E-state index contributed by atoms with van der Waals surface area (Å²) in [5.41, 5.74) is 3.08. The van der Waals surface area contributed by atoms with Crippen LogP contribution < -0.4 is 0 Å².